The maximum absolute atomic E-state index is 10.8. The molecule has 0 radical (unpaired) electrons. The number of carboxylic acids is 1. The first-order valence-electron chi connectivity index (χ1n) is 6.57. The Balaban J connectivity index is 2.50. The third kappa shape index (κ3) is 3.87. The largest absolute Gasteiger partial charge is 0.481 e. The topological polar surface area (TPSA) is 55.1 Å². The maximum atomic E-state index is 10.8. The van der Waals surface area contributed by atoms with Crippen LogP contribution in [-0.4, -0.2) is 38.4 Å². The van der Waals surface area contributed by atoms with E-state index in [2.05, 4.69) is 22.7 Å². The summed E-state index contributed by atoms with van der Waals surface area (Å²) in [5.74, 6) is 0.132. The highest BCUT2D eigenvalue weighted by Crippen LogP contribution is 2.31. The molecule has 4 nitrogen and oxygen atoms in total. The standard InChI is InChI=1S/C14H17ClN2O2S2/c1-3-10(7-20-2)17-12-5-4-9(15)6-11(12)16-14(17)21-8-13(18)19/h4-6,10H,3,7-8H2,1-2H3,(H,18,19). The molecule has 0 bridgehead atoms. The Kier molecular flexibility index (Phi) is 5.84. The van der Waals surface area contributed by atoms with E-state index in [9.17, 15) is 4.79 Å². The van der Waals surface area contributed by atoms with Gasteiger partial charge in [0.05, 0.1) is 16.8 Å². The number of carboxylic acid groups (broad SMARTS) is 1. The fourth-order valence-corrected chi connectivity index (χ4v) is 3.94. The lowest BCUT2D eigenvalue weighted by atomic mass is 10.2. The van der Waals surface area contributed by atoms with Crippen molar-refractivity contribution in [1.29, 1.82) is 0 Å². The summed E-state index contributed by atoms with van der Waals surface area (Å²) in [6, 6.07) is 5.92. The molecule has 1 aromatic heterocycles. The zero-order valence-electron chi connectivity index (χ0n) is 11.9. The highest BCUT2D eigenvalue weighted by molar-refractivity contribution is 7.99. The minimum absolute atomic E-state index is 0.00670. The Bertz CT molecular complexity index is 645. The molecule has 7 heteroatoms. The summed E-state index contributed by atoms with van der Waals surface area (Å²) >= 11 is 9.06. The number of imidazole rings is 1. The van der Waals surface area contributed by atoms with Crippen LogP contribution in [0.2, 0.25) is 5.02 Å². The summed E-state index contributed by atoms with van der Waals surface area (Å²) in [6.45, 7) is 2.13. The number of aromatic nitrogens is 2. The van der Waals surface area contributed by atoms with Crippen molar-refractivity contribution in [2.45, 2.75) is 24.5 Å². The van der Waals surface area contributed by atoms with Gasteiger partial charge < -0.3 is 9.67 Å². The first-order valence-corrected chi connectivity index (χ1v) is 9.33. The smallest absolute Gasteiger partial charge is 0.313 e. The number of thioether (sulfide) groups is 2. The van der Waals surface area contributed by atoms with Crippen molar-refractivity contribution in [3.05, 3.63) is 23.2 Å². The van der Waals surface area contributed by atoms with Gasteiger partial charge in [-0.3, -0.25) is 4.79 Å². The summed E-state index contributed by atoms with van der Waals surface area (Å²) in [6.07, 6.45) is 3.04. The molecule has 0 saturated carbocycles. The van der Waals surface area contributed by atoms with Crippen LogP contribution in [-0.2, 0) is 4.79 Å². The third-order valence-corrected chi connectivity index (χ3v) is 5.03. The molecule has 0 spiro atoms. The van der Waals surface area contributed by atoms with E-state index in [4.69, 9.17) is 16.7 Å². The molecule has 0 aliphatic carbocycles. The Hall–Kier alpha value is -0.850. The number of aliphatic carboxylic acids is 1. The van der Waals surface area contributed by atoms with Gasteiger partial charge in [0.2, 0.25) is 0 Å². The van der Waals surface area contributed by atoms with Crippen LogP contribution in [0.25, 0.3) is 11.0 Å². The molecular weight excluding hydrogens is 328 g/mol. The highest BCUT2D eigenvalue weighted by Gasteiger charge is 2.19. The Labute approximate surface area is 137 Å². The quantitative estimate of drug-likeness (QED) is 0.763. The maximum Gasteiger partial charge on any atom is 0.313 e. The first kappa shape index (κ1) is 16.5. The summed E-state index contributed by atoms with van der Waals surface area (Å²) in [5, 5.41) is 10.3. The zero-order valence-corrected chi connectivity index (χ0v) is 14.3. The van der Waals surface area contributed by atoms with Gasteiger partial charge >= 0.3 is 5.97 Å². The highest BCUT2D eigenvalue weighted by atomic mass is 35.5. The molecule has 2 aromatic rings. The second-order valence-corrected chi connectivity index (χ2v) is 6.89. The van der Waals surface area contributed by atoms with Gasteiger partial charge in [-0.1, -0.05) is 30.3 Å². The van der Waals surface area contributed by atoms with Gasteiger partial charge in [-0.05, 0) is 30.9 Å². The molecule has 1 unspecified atom stereocenters. The molecular formula is C14H17ClN2O2S2. The molecule has 1 aromatic carbocycles. The van der Waals surface area contributed by atoms with Crippen LogP contribution >= 0.6 is 35.1 Å². The minimum Gasteiger partial charge on any atom is -0.481 e. The number of halogens is 1. The van der Waals surface area contributed by atoms with E-state index in [1.807, 2.05) is 18.2 Å². The Morgan fingerprint density at radius 2 is 2.29 bits per heavy atom. The van der Waals surface area contributed by atoms with E-state index in [-0.39, 0.29) is 5.75 Å². The van der Waals surface area contributed by atoms with Crippen LogP contribution in [0.1, 0.15) is 19.4 Å². The molecule has 114 valence electrons. The molecule has 2 rings (SSSR count). The lowest BCUT2D eigenvalue weighted by Gasteiger charge is -2.19. The molecule has 0 saturated heterocycles. The molecule has 1 N–H and O–H groups in total. The van der Waals surface area contributed by atoms with Crippen LogP contribution < -0.4 is 0 Å². The van der Waals surface area contributed by atoms with E-state index >= 15 is 0 Å². The summed E-state index contributed by atoms with van der Waals surface area (Å²) < 4.78 is 2.15. The number of hydrogen-bond donors (Lipinski definition) is 1. The zero-order chi connectivity index (χ0) is 15.4. The fourth-order valence-electron chi connectivity index (χ4n) is 2.20. The van der Waals surface area contributed by atoms with Crippen LogP contribution in [0.15, 0.2) is 23.4 Å². The summed E-state index contributed by atoms with van der Waals surface area (Å²) in [4.78, 5) is 15.4. The predicted octanol–water partition coefficient (Wildman–Crippen LogP) is 4.18. The van der Waals surface area contributed by atoms with Crippen LogP contribution in [0, 0.1) is 0 Å². The van der Waals surface area contributed by atoms with Gasteiger partial charge in [0.15, 0.2) is 5.16 Å². The molecule has 1 heterocycles. The molecule has 0 aliphatic rings. The minimum atomic E-state index is -0.838. The van der Waals surface area contributed by atoms with E-state index in [0.29, 0.717) is 11.1 Å². The van der Waals surface area contributed by atoms with Gasteiger partial charge in [-0.25, -0.2) is 4.98 Å². The number of benzene rings is 1. The lowest BCUT2D eigenvalue weighted by molar-refractivity contribution is -0.133. The molecule has 21 heavy (non-hydrogen) atoms. The Morgan fingerprint density at radius 3 is 2.90 bits per heavy atom. The van der Waals surface area contributed by atoms with Crippen molar-refractivity contribution in [1.82, 2.24) is 9.55 Å². The molecule has 0 amide bonds. The average Bonchev–Trinajstić information content (AvgIpc) is 2.79. The number of rotatable bonds is 7. The second kappa shape index (κ2) is 7.42. The van der Waals surface area contributed by atoms with Gasteiger partial charge in [-0.2, -0.15) is 11.8 Å². The second-order valence-electron chi connectivity index (χ2n) is 4.60. The van der Waals surface area contributed by atoms with Crippen molar-refractivity contribution >= 4 is 52.1 Å². The van der Waals surface area contributed by atoms with E-state index in [0.717, 1.165) is 28.4 Å². The fraction of sp³-hybridized carbons (Fsp3) is 0.429. The van der Waals surface area contributed by atoms with Crippen LogP contribution in [0.5, 0.6) is 0 Å². The van der Waals surface area contributed by atoms with Gasteiger partial charge in [0, 0.05) is 16.8 Å². The monoisotopic (exact) mass is 344 g/mol. The van der Waals surface area contributed by atoms with Crippen molar-refractivity contribution in [2.24, 2.45) is 0 Å². The summed E-state index contributed by atoms with van der Waals surface area (Å²) in [5.41, 5.74) is 1.82. The van der Waals surface area contributed by atoms with E-state index < -0.39 is 5.97 Å². The Morgan fingerprint density at radius 1 is 1.52 bits per heavy atom. The normalized spacial score (nSPS) is 12.7. The van der Waals surface area contributed by atoms with E-state index in [1.54, 1.807) is 11.8 Å². The number of carbonyl (C=O) groups is 1. The average molecular weight is 345 g/mol. The van der Waals surface area contributed by atoms with E-state index in [1.165, 1.54) is 11.8 Å². The van der Waals surface area contributed by atoms with Crippen molar-refractivity contribution in [3.8, 4) is 0 Å². The lowest BCUT2D eigenvalue weighted by Crippen LogP contribution is -2.12. The molecule has 1 atom stereocenters. The predicted molar refractivity (Wildman–Crippen MR) is 90.8 cm³/mol. The van der Waals surface area contributed by atoms with Gasteiger partial charge in [-0.15, -0.1) is 0 Å². The SMILES string of the molecule is CCC(CSC)n1c(SCC(=O)O)nc2cc(Cl)ccc21. The number of hydrogen-bond acceptors (Lipinski definition) is 4. The number of nitrogens with zero attached hydrogens (tertiary/aromatic N) is 2. The first-order chi connectivity index (χ1) is 10.1. The van der Waals surface area contributed by atoms with Crippen LogP contribution in [0.4, 0.5) is 0 Å². The van der Waals surface area contributed by atoms with Crippen molar-refractivity contribution < 1.29 is 9.90 Å². The van der Waals surface area contributed by atoms with Gasteiger partial charge in [0.1, 0.15) is 0 Å². The number of fused-ring (bicyclic) bond motifs is 1. The third-order valence-electron chi connectivity index (χ3n) is 3.14. The van der Waals surface area contributed by atoms with Crippen molar-refractivity contribution in [3.63, 3.8) is 0 Å². The van der Waals surface area contributed by atoms with Gasteiger partial charge in [0.25, 0.3) is 0 Å². The molecule has 0 aliphatic heterocycles. The van der Waals surface area contributed by atoms with Crippen molar-refractivity contribution in [2.75, 3.05) is 17.8 Å². The summed E-state index contributed by atoms with van der Waals surface area (Å²) in [7, 11) is 0. The van der Waals surface area contributed by atoms with Crippen LogP contribution in [0.3, 0.4) is 0 Å². The molecule has 0 fully saturated rings.